The first-order chi connectivity index (χ1) is 14.5. The Hall–Kier alpha value is -3.75. The van der Waals surface area contributed by atoms with Crippen LogP contribution in [0.3, 0.4) is 0 Å². The highest BCUT2D eigenvalue weighted by atomic mass is 16.5. The van der Waals surface area contributed by atoms with Crippen LogP contribution in [0.5, 0.6) is 11.5 Å². The highest BCUT2D eigenvalue weighted by Gasteiger charge is 2.33. The van der Waals surface area contributed by atoms with Gasteiger partial charge in [0.15, 0.2) is 17.3 Å². The van der Waals surface area contributed by atoms with Crippen molar-refractivity contribution in [2.45, 2.75) is 13.3 Å². The smallest absolute Gasteiger partial charge is 0.222 e. The van der Waals surface area contributed by atoms with Crippen molar-refractivity contribution in [2.75, 3.05) is 32.6 Å². The lowest BCUT2D eigenvalue weighted by Gasteiger charge is -2.28. The van der Waals surface area contributed by atoms with Gasteiger partial charge in [0.2, 0.25) is 5.91 Å². The van der Waals surface area contributed by atoms with Gasteiger partial charge < -0.3 is 19.7 Å². The van der Waals surface area contributed by atoms with Gasteiger partial charge in [-0.1, -0.05) is 0 Å². The SMILES string of the molecule is COc1ccc2c(c1OC)N=C(CC(=O)c1ccc(NC(C)=O)nc1)N1CCN=C21. The Kier molecular flexibility index (Phi) is 5.18. The van der Waals surface area contributed by atoms with Crippen molar-refractivity contribution < 1.29 is 19.1 Å². The van der Waals surface area contributed by atoms with E-state index in [9.17, 15) is 9.59 Å². The number of anilines is 1. The number of fused-ring (bicyclic) bond motifs is 3. The molecule has 0 spiro atoms. The maximum atomic E-state index is 12.9. The highest BCUT2D eigenvalue weighted by Crippen LogP contribution is 2.43. The second-order valence-corrected chi connectivity index (χ2v) is 6.80. The van der Waals surface area contributed by atoms with Gasteiger partial charge in [-0.3, -0.25) is 14.6 Å². The van der Waals surface area contributed by atoms with Gasteiger partial charge in [-0.15, -0.1) is 0 Å². The number of hydrogen-bond donors (Lipinski definition) is 1. The standard InChI is InChI=1S/C21H21N5O4/c1-12(27)24-17-7-4-13(11-23-17)15(28)10-18-25-19-14(21-22-8-9-26(18)21)5-6-16(29-2)20(19)30-3/h4-7,11H,8-10H2,1-3H3,(H,23,24,27). The number of rotatable bonds is 6. The van der Waals surface area contributed by atoms with Crippen molar-refractivity contribution in [3.63, 3.8) is 0 Å². The van der Waals surface area contributed by atoms with Gasteiger partial charge in [-0.2, -0.15) is 0 Å². The number of nitrogens with one attached hydrogen (secondary N) is 1. The van der Waals surface area contributed by atoms with E-state index in [0.29, 0.717) is 47.5 Å². The zero-order valence-corrected chi connectivity index (χ0v) is 16.9. The monoisotopic (exact) mass is 407 g/mol. The van der Waals surface area contributed by atoms with E-state index < -0.39 is 0 Å². The Morgan fingerprint density at radius 3 is 2.67 bits per heavy atom. The van der Waals surface area contributed by atoms with Crippen molar-refractivity contribution in [3.8, 4) is 11.5 Å². The number of carbonyl (C=O) groups is 2. The van der Waals surface area contributed by atoms with Gasteiger partial charge in [0, 0.05) is 30.8 Å². The first-order valence-electron chi connectivity index (χ1n) is 9.43. The molecule has 1 amide bonds. The highest BCUT2D eigenvalue weighted by molar-refractivity contribution is 6.21. The molecule has 0 radical (unpaired) electrons. The number of benzene rings is 1. The van der Waals surface area contributed by atoms with E-state index >= 15 is 0 Å². The summed E-state index contributed by atoms with van der Waals surface area (Å²) in [6.45, 7) is 2.69. The lowest BCUT2D eigenvalue weighted by atomic mass is 10.0. The van der Waals surface area contributed by atoms with Crippen LogP contribution >= 0.6 is 0 Å². The first kappa shape index (κ1) is 19.6. The third-order valence-electron chi connectivity index (χ3n) is 4.86. The van der Waals surface area contributed by atoms with Crippen LogP contribution in [0.4, 0.5) is 11.5 Å². The zero-order valence-electron chi connectivity index (χ0n) is 16.9. The molecule has 0 atom stereocenters. The van der Waals surface area contributed by atoms with Crippen molar-refractivity contribution in [1.82, 2.24) is 9.88 Å². The summed E-state index contributed by atoms with van der Waals surface area (Å²) in [7, 11) is 3.13. The molecule has 0 bridgehead atoms. The van der Waals surface area contributed by atoms with Crippen molar-refractivity contribution in [2.24, 2.45) is 9.98 Å². The average Bonchev–Trinajstić information content (AvgIpc) is 3.23. The van der Waals surface area contributed by atoms with Crippen molar-refractivity contribution in [1.29, 1.82) is 0 Å². The summed E-state index contributed by atoms with van der Waals surface area (Å²) in [6, 6.07) is 6.97. The maximum absolute atomic E-state index is 12.9. The number of ketones is 1. The van der Waals surface area contributed by atoms with E-state index in [2.05, 4.69) is 15.3 Å². The van der Waals surface area contributed by atoms with Crippen LogP contribution in [0.1, 0.15) is 29.3 Å². The summed E-state index contributed by atoms with van der Waals surface area (Å²) in [5, 5.41) is 2.58. The molecule has 2 aromatic rings. The number of nitrogens with zero attached hydrogens (tertiary/aromatic N) is 4. The third-order valence-corrected chi connectivity index (χ3v) is 4.86. The number of aromatic nitrogens is 1. The Morgan fingerprint density at radius 2 is 2.00 bits per heavy atom. The number of Topliss-reactive ketones (excluding diaryl/α,β-unsaturated/α-hetero) is 1. The van der Waals surface area contributed by atoms with Gasteiger partial charge in [0.05, 0.1) is 27.2 Å². The number of amidine groups is 2. The number of methoxy groups -OCH3 is 2. The number of pyridine rings is 1. The fourth-order valence-corrected chi connectivity index (χ4v) is 3.51. The molecule has 9 nitrogen and oxygen atoms in total. The van der Waals surface area contributed by atoms with Crippen LogP contribution in [-0.2, 0) is 4.79 Å². The van der Waals surface area contributed by atoms with E-state index in [4.69, 9.17) is 14.5 Å². The number of ether oxygens (including phenoxy) is 2. The molecule has 2 aliphatic rings. The van der Waals surface area contributed by atoms with Crippen LogP contribution in [0.2, 0.25) is 0 Å². The predicted molar refractivity (Wildman–Crippen MR) is 112 cm³/mol. The molecule has 0 aliphatic carbocycles. The molecule has 30 heavy (non-hydrogen) atoms. The lowest BCUT2D eigenvalue weighted by Crippen LogP contribution is -2.38. The number of hydrogen-bond acceptors (Lipinski definition) is 8. The number of aliphatic imine (C=N–C) groups is 2. The molecule has 9 heteroatoms. The molecule has 0 saturated carbocycles. The van der Waals surface area contributed by atoms with Crippen molar-refractivity contribution >= 4 is 34.9 Å². The van der Waals surface area contributed by atoms with Crippen LogP contribution in [0.25, 0.3) is 0 Å². The maximum Gasteiger partial charge on any atom is 0.222 e. The van der Waals surface area contributed by atoms with Crippen LogP contribution < -0.4 is 14.8 Å². The van der Waals surface area contributed by atoms with Crippen LogP contribution in [0, 0.1) is 0 Å². The summed E-state index contributed by atoms with van der Waals surface area (Å²) in [4.78, 5) is 39.5. The Balaban J connectivity index is 1.66. The normalized spacial score (nSPS) is 14.3. The van der Waals surface area contributed by atoms with E-state index in [1.807, 2.05) is 17.0 Å². The largest absolute Gasteiger partial charge is 0.493 e. The summed E-state index contributed by atoms with van der Waals surface area (Å²) < 4.78 is 10.9. The molecule has 3 heterocycles. The number of carbonyl (C=O) groups excluding carboxylic acids is 2. The molecule has 1 aromatic heterocycles. The first-order valence-corrected chi connectivity index (χ1v) is 9.43. The van der Waals surface area contributed by atoms with E-state index in [0.717, 1.165) is 11.4 Å². The summed E-state index contributed by atoms with van der Waals surface area (Å²) in [5.74, 6) is 2.50. The zero-order chi connectivity index (χ0) is 21.3. The molecule has 0 saturated heterocycles. The Labute approximate surface area is 173 Å². The molecule has 0 unspecified atom stereocenters. The second kappa shape index (κ2) is 7.94. The van der Waals surface area contributed by atoms with Crippen LogP contribution in [-0.4, -0.2) is 60.6 Å². The fourth-order valence-electron chi connectivity index (χ4n) is 3.51. The summed E-state index contributed by atoms with van der Waals surface area (Å²) >= 11 is 0. The third kappa shape index (κ3) is 3.49. The Bertz CT molecular complexity index is 1080. The molecule has 4 rings (SSSR count). The van der Waals surface area contributed by atoms with Gasteiger partial charge in [-0.05, 0) is 24.3 Å². The van der Waals surface area contributed by atoms with E-state index in [-0.39, 0.29) is 18.1 Å². The molecule has 2 aliphatic heterocycles. The van der Waals surface area contributed by atoms with E-state index in [1.165, 1.54) is 13.1 Å². The average molecular weight is 407 g/mol. The summed E-state index contributed by atoms with van der Waals surface area (Å²) in [6.07, 6.45) is 1.54. The van der Waals surface area contributed by atoms with E-state index in [1.54, 1.807) is 26.4 Å². The minimum absolute atomic E-state index is 0.0833. The molecular formula is C21H21N5O4. The predicted octanol–water partition coefficient (Wildman–Crippen LogP) is 2.44. The fraction of sp³-hybridized carbons (Fsp3) is 0.286. The van der Waals surface area contributed by atoms with Gasteiger partial charge >= 0.3 is 0 Å². The molecule has 154 valence electrons. The lowest BCUT2D eigenvalue weighted by molar-refractivity contribution is -0.114. The number of amides is 1. The van der Waals surface area contributed by atoms with Crippen LogP contribution in [0.15, 0.2) is 40.4 Å². The minimum Gasteiger partial charge on any atom is -0.493 e. The van der Waals surface area contributed by atoms with Gasteiger partial charge in [0.1, 0.15) is 23.2 Å². The minimum atomic E-state index is -0.220. The summed E-state index contributed by atoms with van der Waals surface area (Å²) in [5.41, 5.74) is 1.89. The van der Waals surface area contributed by atoms with Crippen molar-refractivity contribution in [3.05, 3.63) is 41.6 Å². The molecule has 1 N–H and O–H groups in total. The second-order valence-electron chi connectivity index (χ2n) is 6.80. The molecule has 0 fully saturated rings. The molecular weight excluding hydrogens is 386 g/mol. The quantitative estimate of drug-likeness (QED) is 0.738. The van der Waals surface area contributed by atoms with Gasteiger partial charge in [-0.25, -0.2) is 9.98 Å². The van der Waals surface area contributed by atoms with Gasteiger partial charge in [0.25, 0.3) is 0 Å². The topological polar surface area (TPSA) is 105 Å². The Morgan fingerprint density at radius 1 is 1.17 bits per heavy atom. The molecule has 1 aromatic carbocycles.